The van der Waals surface area contributed by atoms with E-state index in [-0.39, 0.29) is 6.61 Å². The van der Waals surface area contributed by atoms with Gasteiger partial charge in [-0.1, -0.05) is 19.9 Å². The van der Waals surface area contributed by atoms with Crippen molar-refractivity contribution < 1.29 is 17.9 Å². The van der Waals surface area contributed by atoms with Gasteiger partial charge in [-0.05, 0) is 11.6 Å². The molecule has 0 fully saturated rings. The van der Waals surface area contributed by atoms with Gasteiger partial charge in [-0.3, -0.25) is 4.98 Å². The number of nitrogens with zero attached hydrogens (tertiary/aromatic N) is 1. The molecule has 1 heterocycles. The Hall–Kier alpha value is -1.10. The van der Waals surface area contributed by atoms with Crippen molar-refractivity contribution in [3.63, 3.8) is 0 Å². The predicted octanol–water partition coefficient (Wildman–Crippen LogP) is 3.27. The summed E-state index contributed by atoms with van der Waals surface area (Å²) in [5, 5.41) is 0. The molecule has 86 valence electrons. The Morgan fingerprint density at radius 2 is 1.87 bits per heavy atom. The van der Waals surface area contributed by atoms with E-state index in [1.165, 1.54) is 13.2 Å². The first-order valence-corrected chi connectivity index (χ1v) is 4.55. The Morgan fingerprint density at radius 1 is 1.27 bits per heavy atom. The van der Waals surface area contributed by atoms with E-state index in [1.54, 1.807) is 0 Å². The van der Waals surface area contributed by atoms with Crippen molar-refractivity contribution in [1.29, 1.82) is 0 Å². The van der Waals surface area contributed by atoms with Gasteiger partial charge in [0.2, 0.25) is 0 Å². The summed E-state index contributed by atoms with van der Waals surface area (Å²) >= 11 is 0. The molecule has 0 saturated heterocycles. The normalized spacial score (nSPS) is 10.5. The predicted molar refractivity (Wildman–Crippen MR) is 51.3 cm³/mol. The molecule has 0 atom stereocenters. The number of alkyl halides is 3. The van der Waals surface area contributed by atoms with Crippen molar-refractivity contribution in [2.45, 2.75) is 26.6 Å². The molecule has 1 aromatic heterocycles. The lowest BCUT2D eigenvalue weighted by atomic mass is 10.2. The Bertz CT molecular complexity index is 269. The Morgan fingerprint density at radius 3 is 2.20 bits per heavy atom. The van der Waals surface area contributed by atoms with E-state index in [9.17, 15) is 13.2 Å². The zero-order chi connectivity index (χ0) is 11.9. The van der Waals surface area contributed by atoms with Gasteiger partial charge in [0.15, 0.2) is 0 Å². The van der Waals surface area contributed by atoms with Gasteiger partial charge in [0.05, 0.1) is 6.61 Å². The van der Waals surface area contributed by atoms with E-state index in [1.807, 2.05) is 13.8 Å². The van der Waals surface area contributed by atoms with E-state index in [4.69, 9.17) is 4.74 Å². The third-order valence-electron chi connectivity index (χ3n) is 1.43. The molecule has 5 heteroatoms. The first kappa shape index (κ1) is 13.9. The Balaban J connectivity index is 0.000000921. The molecule has 0 saturated carbocycles. The highest BCUT2D eigenvalue weighted by atomic mass is 19.4. The smallest absolute Gasteiger partial charge is 0.380 e. The van der Waals surface area contributed by atoms with Crippen LogP contribution in [0.4, 0.5) is 13.2 Å². The zero-order valence-corrected chi connectivity index (χ0v) is 8.93. The second-order valence-corrected chi connectivity index (χ2v) is 2.48. The highest BCUT2D eigenvalue weighted by Gasteiger charge is 2.31. The maximum Gasteiger partial charge on any atom is 0.433 e. The minimum absolute atomic E-state index is 0.269. The second-order valence-electron chi connectivity index (χ2n) is 2.48. The van der Waals surface area contributed by atoms with Gasteiger partial charge < -0.3 is 4.74 Å². The van der Waals surface area contributed by atoms with Crippen LogP contribution in [0, 0.1) is 0 Å². The number of aromatic nitrogens is 1. The summed E-state index contributed by atoms with van der Waals surface area (Å²) in [5.74, 6) is 0. The maximum absolute atomic E-state index is 12.0. The largest absolute Gasteiger partial charge is 0.433 e. The van der Waals surface area contributed by atoms with Crippen LogP contribution < -0.4 is 0 Å². The molecule has 0 aliphatic rings. The number of hydrogen-bond donors (Lipinski definition) is 0. The number of rotatable bonds is 2. The van der Waals surface area contributed by atoms with Crippen LogP contribution in [-0.4, -0.2) is 12.1 Å². The Labute approximate surface area is 87.1 Å². The van der Waals surface area contributed by atoms with Gasteiger partial charge in [-0.15, -0.1) is 0 Å². The SMILES string of the molecule is CC.COCc1ccc(C(F)(F)F)nc1. The standard InChI is InChI=1S/C8H8F3NO.C2H6/c1-13-5-6-2-3-7(12-4-6)8(9,10)11;1-2/h2-4H,5H2,1H3;1-2H3. The van der Waals surface area contributed by atoms with E-state index in [2.05, 4.69) is 4.98 Å². The highest BCUT2D eigenvalue weighted by molar-refractivity contribution is 5.15. The molecule has 0 bridgehead atoms. The summed E-state index contributed by atoms with van der Waals surface area (Å²) in [4.78, 5) is 3.26. The van der Waals surface area contributed by atoms with Gasteiger partial charge in [-0.25, -0.2) is 0 Å². The first-order valence-electron chi connectivity index (χ1n) is 4.55. The molecule has 0 amide bonds. The summed E-state index contributed by atoms with van der Waals surface area (Å²) in [5.41, 5.74) is -0.261. The van der Waals surface area contributed by atoms with Crippen molar-refractivity contribution in [3.05, 3.63) is 29.6 Å². The molecule has 0 spiro atoms. The number of pyridine rings is 1. The molecule has 0 radical (unpaired) electrons. The monoisotopic (exact) mass is 221 g/mol. The molecule has 0 aromatic carbocycles. The van der Waals surface area contributed by atoms with Crippen LogP contribution in [0.25, 0.3) is 0 Å². The Kier molecular flexibility index (Phi) is 5.93. The molecule has 1 aromatic rings. The molecule has 2 nitrogen and oxygen atoms in total. The first-order chi connectivity index (χ1) is 7.04. The quantitative estimate of drug-likeness (QED) is 0.764. The highest BCUT2D eigenvalue weighted by Crippen LogP contribution is 2.27. The van der Waals surface area contributed by atoms with E-state index < -0.39 is 11.9 Å². The lowest BCUT2D eigenvalue weighted by Crippen LogP contribution is -2.07. The lowest BCUT2D eigenvalue weighted by molar-refractivity contribution is -0.141. The summed E-state index contributed by atoms with van der Waals surface area (Å²) in [6.07, 6.45) is -3.21. The fourth-order valence-corrected chi connectivity index (χ4v) is 0.844. The third-order valence-corrected chi connectivity index (χ3v) is 1.43. The van der Waals surface area contributed by atoms with E-state index in [0.29, 0.717) is 5.56 Å². The lowest BCUT2D eigenvalue weighted by Gasteiger charge is -2.05. The summed E-state index contributed by atoms with van der Waals surface area (Å²) in [7, 11) is 1.47. The fourth-order valence-electron chi connectivity index (χ4n) is 0.844. The van der Waals surface area contributed by atoms with E-state index in [0.717, 1.165) is 12.3 Å². The van der Waals surface area contributed by atoms with Crippen LogP contribution in [-0.2, 0) is 17.5 Å². The van der Waals surface area contributed by atoms with Crippen LogP contribution in [0.1, 0.15) is 25.1 Å². The average Bonchev–Trinajstić information content (AvgIpc) is 2.21. The molecular formula is C10H14F3NO. The van der Waals surface area contributed by atoms with Crippen LogP contribution in [0.5, 0.6) is 0 Å². The van der Waals surface area contributed by atoms with Crippen molar-refractivity contribution in [2.75, 3.05) is 7.11 Å². The minimum atomic E-state index is -4.37. The molecule has 1 rings (SSSR count). The third kappa shape index (κ3) is 4.78. The van der Waals surface area contributed by atoms with Crippen molar-refractivity contribution in [3.8, 4) is 0 Å². The van der Waals surface area contributed by atoms with Crippen molar-refractivity contribution in [1.82, 2.24) is 4.98 Å². The van der Waals surface area contributed by atoms with Gasteiger partial charge in [-0.2, -0.15) is 13.2 Å². The number of methoxy groups -OCH3 is 1. The van der Waals surface area contributed by atoms with Gasteiger partial charge in [0, 0.05) is 13.3 Å². The van der Waals surface area contributed by atoms with Crippen LogP contribution in [0.2, 0.25) is 0 Å². The van der Waals surface area contributed by atoms with Gasteiger partial charge in [0.1, 0.15) is 5.69 Å². The van der Waals surface area contributed by atoms with Gasteiger partial charge >= 0.3 is 6.18 Å². The van der Waals surface area contributed by atoms with E-state index >= 15 is 0 Å². The van der Waals surface area contributed by atoms with Crippen molar-refractivity contribution in [2.24, 2.45) is 0 Å². The summed E-state index contributed by atoms with van der Waals surface area (Å²) < 4.78 is 40.8. The van der Waals surface area contributed by atoms with Crippen LogP contribution in [0.15, 0.2) is 18.3 Å². The molecule has 0 N–H and O–H groups in total. The fraction of sp³-hybridized carbons (Fsp3) is 0.500. The molecule has 0 unspecified atom stereocenters. The van der Waals surface area contributed by atoms with Gasteiger partial charge in [0.25, 0.3) is 0 Å². The van der Waals surface area contributed by atoms with Crippen LogP contribution in [0.3, 0.4) is 0 Å². The maximum atomic E-state index is 12.0. The molecule has 0 aliphatic carbocycles. The van der Waals surface area contributed by atoms with Crippen LogP contribution >= 0.6 is 0 Å². The summed E-state index contributed by atoms with van der Waals surface area (Å²) in [6.45, 7) is 4.27. The minimum Gasteiger partial charge on any atom is -0.380 e. The topological polar surface area (TPSA) is 22.1 Å². The molecule has 0 aliphatic heterocycles. The zero-order valence-electron chi connectivity index (χ0n) is 8.93. The number of hydrogen-bond acceptors (Lipinski definition) is 2. The molecule has 15 heavy (non-hydrogen) atoms. The number of ether oxygens (including phenoxy) is 1. The summed E-state index contributed by atoms with van der Waals surface area (Å²) in [6, 6.07) is 2.29. The second kappa shape index (κ2) is 6.40. The molecular weight excluding hydrogens is 207 g/mol. The number of halogens is 3. The van der Waals surface area contributed by atoms with Crippen molar-refractivity contribution >= 4 is 0 Å². The average molecular weight is 221 g/mol.